The molecule has 1 aromatic heterocycles. The normalized spacial score (nSPS) is 12.5. The van der Waals surface area contributed by atoms with Gasteiger partial charge in [-0.3, -0.25) is 0 Å². The first-order valence-electron chi connectivity index (χ1n) is 8.40. The Kier molecular flexibility index (Phi) is 5.93. The summed E-state index contributed by atoms with van der Waals surface area (Å²) in [7, 11) is -2.59. The molecule has 1 unspecified atom stereocenters. The van der Waals surface area contributed by atoms with Gasteiger partial charge >= 0.3 is 5.97 Å². The first kappa shape index (κ1) is 19.8. The molecule has 0 fully saturated rings. The van der Waals surface area contributed by atoms with Crippen LogP contribution in [-0.2, 0) is 14.8 Å². The highest BCUT2D eigenvalue weighted by molar-refractivity contribution is 7.89. The van der Waals surface area contributed by atoms with Crippen molar-refractivity contribution >= 4 is 16.0 Å². The van der Waals surface area contributed by atoms with E-state index in [2.05, 4.69) is 9.46 Å². The molecule has 1 heterocycles. The molecule has 1 atom stereocenters. The third-order valence-corrected chi connectivity index (χ3v) is 5.59. The molecule has 8 heteroatoms. The zero-order valence-corrected chi connectivity index (χ0v) is 15.8. The maximum atomic E-state index is 12.4. The van der Waals surface area contributed by atoms with Gasteiger partial charge in [0.2, 0.25) is 10.0 Å². The lowest BCUT2D eigenvalue weighted by Crippen LogP contribution is -2.28. The average Bonchev–Trinajstić information content (AvgIpc) is 3.26. The lowest BCUT2D eigenvalue weighted by Gasteiger charge is -2.13. The predicted molar refractivity (Wildman–Crippen MR) is 102 cm³/mol. The van der Waals surface area contributed by atoms with Crippen molar-refractivity contribution in [2.24, 2.45) is 0 Å². The van der Waals surface area contributed by atoms with Crippen LogP contribution in [0.4, 0.5) is 0 Å². The minimum absolute atomic E-state index is 0.0134. The fraction of sp³-hybridized carbons (Fsp3) is 0.150. The molecule has 0 radical (unpaired) electrons. The van der Waals surface area contributed by atoms with E-state index in [1.54, 1.807) is 36.6 Å². The molecule has 0 aliphatic heterocycles. The maximum absolute atomic E-state index is 12.4. The maximum Gasteiger partial charge on any atom is 0.337 e. The molecular weight excluding hydrogens is 382 g/mol. The highest BCUT2D eigenvalue weighted by atomic mass is 32.2. The standard InChI is InChI=1S/C20H19NO6S/c1-26-20(23)16-8-10-17(11-9-16)28(24,25)21-13-18(22)14-4-6-15(7-5-14)19-3-2-12-27-19/h2-12,18,21-22H,13H2,1H3. The summed E-state index contributed by atoms with van der Waals surface area (Å²) in [5.74, 6) is 0.155. The second kappa shape index (κ2) is 8.39. The van der Waals surface area contributed by atoms with Crippen molar-refractivity contribution in [2.75, 3.05) is 13.7 Å². The number of furan rings is 1. The van der Waals surface area contributed by atoms with Crippen molar-refractivity contribution < 1.29 is 27.5 Å². The summed E-state index contributed by atoms with van der Waals surface area (Å²) in [5.41, 5.74) is 1.67. The van der Waals surface area contributed by atoms with Crippen molar-refractivity contribution in [3.63, 3.8) is 0 Å². The van der Waals surface area contributed by atoms with Crippen LogP contribution in [0.3, 0.4) is 0 Å². The molecule has 2 aromatic carbocycles. The summed E-state index contributed by atoms with van der Waals surface area (Å²) in [4.78, 5) is 11.4. The third kappa shape index (κ3) is 4.48. The molecule has 0 amide bonds. The number of methoxy groups -OCH3 is 1. The molecule has 7 nitrogen and oxygen atoms in total. The molecular formula is C20H19NO6S. The summed E-state index contributed by atoms with van der Waals surface area (Å²) >= 11 is 0. The van der Waals surface area contributed by atoms with E-state index in [0.717, 1.165) is 5.56 Å². The van der Waals surface area contributed by atoms with Crippen molar-refractivity contribution in [3.8, 4) is 11.3 Å². The second-order valence-electron chi connectivity index (χ2n) is 5.98. The Balaban J connectivity index is 1.64. The van der Waals surface area contributed by atoms with Crippen LogP contribution in [0.15, 0.2) is 76.2 Å². The fourth-order valence-electron chi connectivity index (χ4n) is 2.59. The number of benzene rings is 2. The van der Waals surface area contributed by atoms with Crippen LogP contribution >= 0.6 is 0 Å². The van der Waals surface area contributed by atoms with E-state index in [9.17, 15) is 18.3 Å². The topological polar surface area (TPSA) is 106 Å². The molecule has 28 heavy (non-hydrogen) atoms. The van der Waals surface area contributed by atoms with Gasteiger partial charge in [-0.1, -0.05) is 24.3 Å². The van der Waals surface area contributed by atoms with Crippen LogP contribution in [0, 0.1) is 0 Å². The summed E-state index contributed by atoms with van der Waals surface area (Å²) in [5, 5.41) is 10.3. The van der Waals surface area contributed by atoms with E-state index in [-0.39, 0.29) is 17.0 Å². The van der Waals surface area contributed by atoms with E-state index in [4.69, 9.17) is 4.42 Å². The first-order chi connectivity index (χ1) is 13.4. The molecule has 0 aliphatic rings. The van der Waals surface area contributed by atoms with E-state index in [1.807, 2.05) is 6.07 Å². The summed E-state index contributed by atoms with van der Waals surface area (Å²) in [6.45, 7) is -0.193. The van der Waals surface area contributed by atoms with Gasteiger partial charge in [-0.25, -0.2) is 17.9 Å². The van der Waals surface area contributed by atoms with E-state index < -0.39 is 22.1 Å². The first-order valence-corrected chi connectivity index (χ1v) is 9.89. The van der Waals surface area contributed by atoms with Gasteiger partial charge in [0.25, 0.3) is 0 Å². The smallest absolute Gasteiger partial charge is 0.337 e. The van der Waals surface area contributed by atoms with Crippen molar-refractivity contribution in [3.05, 3.63) is 78.1 Å². The predicted octanol–water partition coefficient (Wildman–Crippen LogP) is 2.75. The molecule has 3 rings (SSSR count). The SMILES string of the molecule is COC(=O)c1ccc(S(=O)(=O)NCC(O)c2ccc(-c3ccco3)cc2)cc1. The van der Waals surface area contributed by atoms with Gasteiger partial charge in [0.1, 0.15) is 5.76 Å². The number of sulfonamides is 1. The van der Waals surface area contributed by atoms with Gasteiger partial charge in [-0.2, -0.15) is 0 Å². The number of nitrogens with one attached hydrogen (secondary N) is 1. The van der Waals surface area contributed by atoms with Crippen LogP contribution in [0.2, 0.25) is 0 Å². The second-order valence-corrected chi connectivity index (χ2v) is 7.75. The monoisotopic (exact) mass is 401 g/mol. The Labute approximate surface area is 162 Å². The zero-order valence-electron chi connectivity index (χ0n) is 15.0. The fourth-order valence-corrected chi connectivity index (χ4v) is 3.63. The number of hydrogen-bond donors (Lipinski definition) is 2. The Morgan fingerprint density at radius 2 is 1.79 bits per heavy atom. The van der Waals surface area contributed by atoms with Gasteiger partial charge in [0.15, 0.2) is 0 Å². The number of ether oxygens (including phenoxy) is 1. The third-order valence-electron chi connectivity index (χ3n) is 4.15. The van der Waals surface area contributed by atoms with E-state index in [1.165, 1.54) is 31.4 Å². The largest absolute Gasteiger partial charge is 0.465 e. The Bertz CT molecular complexity index is 1030. The number of carbonyl (C=O) groups excluding carboxylic acids is 1. The van der Waals surface area contributed by atoms with Crippen LogP contribution in [0.25, 0.3) is 11.3 Å². The average molecular weight is 401 g/mol. The number of esters is 1. The summed E-state index contributed by atoms with van der Waals surface area (Å²) in [6.07, 6.45) is 0.555. The Morgan fingerprint density at radius 1 is 1.11 bits per heavy atom. The molecule has 0 saturated heterocycles. The quantitative estimate of drug-likeness (QED) is 0.590. The van der Waals surface area contributed by atoms with Gasteiger partial charge in [0.05, 0.1) is 29.9 Å². The van der Waals surface area contributed by atoms with E-state index >= 15 is 0 Å². The Morgan fingerprint density at radius 3 is 2.36 bits per heavy atom. The van der Waals surface area contributed by atoms with Crippen LogP contribution < -0.4 is 4.72 Å². The highest BCUT2D eigenvalue weighted by Gasteiger charge is 2.18. The zero-order chi connectivity index (χ0) is 20.1. The van der Waals surface area contributed by atoms with Gasteiger partial charge < -0.3 is 14.3 Å². The summed E-state index contributed by atoms with van der Waals surface area (Å²) in [6, 6.07) is 15.9. The lowest BCUT2D eigenvalue weighted by molar-refractivity contribution is 0.0600. The molecule has 0 aliphatic carbocycles. The molecule has 3 aromatic rings. The minimum Gasteiger partial charge on any atom is -0.465 e. The number of aliphatic hydroxyl groups excluding tert-OH is 1. The highest BCUT2D eigenvalue weighted by Crippen LogP contribution is 2.22. The number of carbonyl (C=O) groups is 1. The Hall–Kier alpha value is -2.94. The molecule has 0 bridgehead atoms. The molecule has 2 N–H and O–H groups in total. The van der Waals surface area contributed by atoms with Crippen LogP contribution in [0.1, 0.15) is 22.0 Å². The molecule has 0 spiro atoms. The van der Waals surface area contributed by atoms with Gasteiger partial charge in [-0.15, -0.1) is 0 Å². The number of hydrogen-bond acceptors (Lipinski definition) is 6. The van der Waals surface area contributed by atoms with Crippen molar-refractivity contribution in [1.82, 2.24) is 4.72 Å². The van der Waals surface area contributed by atoms with Crippen LogP contribution in [-0.4, -0.2) is 33.1 Å². The number of aliphatic hydroxyl groups is 1. The lowest BCUT2D eigenvalue weighted by atomic mass is 10.1. The van der Waals surface area contributed by atoms with Crippen LogP contribution in [0.5, 0.6) is 0 Å². The van der Waals surface area contributed by atoms with Gasteiger partial charge in [-0.05, 0) is 42.0 Å². The van der Waals surface area contributed by atoms with Crippen molar-refractivity contribution in [1.29, 1.82) is 0 Å². The summed E-state index contributed by atoms with van der Waals surface area (Å²) < 4.78 is 37.0. The van der Waals surface area contributed by atoms with Crippen molar-refractivity contribution in [2.45, 2.75) is 11.0 Å². The minimum atomic E-state index is -3.83. The number of rotatable bonds is 7. The molecule has 146 valence electrons. The van der Waals surface area contributed by atoms with Gasteiger partial charge in [0, 0.05) is 12.1 Å². The van der Waals surface area contributed by atoms with E-state index in [0.29, 0.717) is 11.3 Å². The molecule has 0 saturated carbocycles.